The summed E-state index contributed by atoms with van der Waals surface area (Å²) in [6.45, 7) is 4.00. The van der Waals surface area contributed by atoms with Crippen LogP contribution in [0.25, 0.3) is 10.9 Å². The fraction of sp³-hybridized carbons (Fsp3) is 0.385. The highest BCUT2D eigenvalue weighted by atomic mass is 16.5. The van der Waals surface area contributed by atoms with Crippen LogP contribution >= 0.6 is 0 Å². The minimum atomic E-state index is 0.201. The van der Waals surface area contributed by atoms with E-state index in [1.54, 1.807) is 7.11 Å². The second-order valence-electron chi connectivity index (χ2n) is 4.05. The molecule has 0 fully saturated rings. The van der Waals surface area contributed by atoms with Crippen LogP contribution in [0.4, 0.5) is 0 Å². The van der Waals surface area contributed by atoms with Crippen LogP contribution in [-0.4, -0.2) is 24.1 Å². The minimum absolute atomic E-state index is 0.201. The number of benzene rings is 1. The second kappa shape index (κ2) is 4.67. The van der Waals surface area contributed by atoms with Crippen molar-refractivity contribution >= 4 is 10.9 Å². The highest BCUT2D eigenvalue weighted by Gasteiger charge is 2.11. The maximum absolute atomic E-state index is 5.21. The van der Waals surface area contributed by atoms with Crippen molar-refractivity contribution in [3.05, 3.63) is 29.7 Å². The summed E-state index contributed by atoms with van der Waals surface area (Å²) in [5.41, 5.74) is 1.95. The van der Waals surface area contributed by atoms with Crippen molar-refractivity contribution in [3.8, 4) is 5.75 Å². The van der Waals surface area contributed by atoms with E-state index >= 15 is 0 Å². The summed E-state index contributed by atoms with van der Waals surface area (Å²) >= 11 is 0. The number of methoxy groups -OCH3 is 1. The number of aromatic nitrogens is 2. The Labute approximate surface area is 101 Å². The standard InChI is InChI=1S/C13H17N3O/c1-8(14-3)13-11-6-5-10(17-4)7-12(11)15-9(2)16-13/h5-8,14H,1-4H3. The van der Waals surface area contributed by atoms with Gasteiger partial charge in [-0.25, -0.2) is 9.97 Å². The van der Waals surface area contributed by atoms with Gasteiger partial charge in [-0.1, -0.05) is 0 Å². The quantitative estimate of drug-likeness (QED) is 0.880. The van der Waals surface area contributed by atoms with Crippen molar-refractivity contribution in [2.45, 2.75) is 19.9 Å². The second-order valence-corrected chi connectivity index (χ2v) is 4.05. The van der Waals surface area contributed by atoms with Gasteiger partial charge < -0.3 is 10.1 Å². The predicted molar refractivity (Wildman–Crippen MR) is 68.3 cm³/mol. The number of ether oxygens (including phenoxy) is 1. The number of nitrogens with one attached hydrogen (secondary N) is 1. The number of nitrogens with zero attached hydrogens (tertiary/aromatic N) is 2. The summed E-state index contributed by atoms with van der Waals surface area (Å²) in [5, 5.41) is 4.28. The average Bonchev–Trinajstić information content (AvgIpc) is 2.35. The minimum Gasteiger partial charge on any atom is -0.497 e. The molecular formula is C13H17N3O. The SMILES string of the molecule is CNC(C)c1nc(C)nc2cc(OC)ccc12. The van der Waals surface area contributed by atoms with Gasteiger partial charge in [0.05, 0.1) is 18.3 Å². The molecule has 1 heterocycles. The van der Waals surface area contributed by atoms with Crippen molar-refractivity contribution in [1.29, 1.82) is 0 Å². The Morgan fingerprint density at radius 3 is 2.71 bits per heavy atom. The average molecular weight is 231 g/mol. The molecule has 1 aromatic carbocycles. The fourth-order valence-electron chi connectivity index (χ4n) is 1.85. The molecule has 2 rings (SSSR count). The van der Waals surface area contributed by atoms with Crippen LogP contribution in [0.5, 0.6) is 5.75 Å². The van der Waals surface area contributed by atoms with E-state index in [0.29, 0.717) is 0 Å². The van der Waals surface area contributed by atoms with Crippen LogP contribution in [0.2, 0.25) is 0 Å². The Hall–Kier alpha value is -1.68. The van der Waals surface area contributed by atoms with Crippen LogP contribution < -0.4 is 10.1 Å². The zero-order chi connectivity index (χ0) is 12.4. The monoisotopic (exact) mass is 231 g/mol. The van der Waals surface area contributed by atoms with E-state index in [0.717, 1.165) is 28.2 Å². The van der Waals surface area contributed by atoms with Crippen molar-refractivity contribution in [1.82, 2.24) is 15.3 Å². The molecule has 0 aliphatic rings. The van der Waals surface area contributed by atoms with Gasteiger partial charge in [0.25, 0.3) is 0 Å². The summed E-state index contributed by atoms with van der Waals surface area (Å²) in [6.07, 6.45) is 0. The van der Waals surface area contributed by atoms with E-state index < -0.39 is 0 Å². The third-order valence-electron chi connectivity index (χ3n) is 2.89. The highest BCUT2D eigenvalue weighted by Crippen LogP contribution is 2.24. The Morgan fingerprint density at radius 1 is 1.29 bits per heavy atom. The van der Waals surface area contributed by atoms with Crippen molar-refractivity contribution in [2.24, 2.45) is 0 Å². The molecule has 1 N–H and O–H groups in total. The molecule has 0 saturated carbocycles. The van der Waals surface area contributed by atoms with Gasteiger partial charge in [-0.15, -0.1) is 0 Å². The third-order valence-corrected chi connectivity index (χ3v) is 2.89. The molecule has 1 aromatic heterocycles. The maximum Gasteiger partial charge on any atom is 0.126 e. The van der Waals surface area contributed by atoms with E-state index in [1.807, 2.05) is 32.2 Å². The lowest BCUT2D eigenvalue weighted by Gasteiger charge is -2.13. The molecule has 17 heavy (non-hydrogen) atoms. The maximum atomic E-state index is 5.21. The van der Waals surface area contributed by atoms with Gasteiger partial charge in [0.15, 0.2) is 0 Å². The number of fused-ring (bicyclic) bond motifs is 1. The topological polar surface area (TPSA) is 47.0 Å². The number of aryl methyl sites for hydroxylation is 1. The first kappa shape index (κ1) is 11.8. The number of hydrogen-bond acceptors (Lipinski definition) is 4. The van der Waals surface area contributed by atoms with Crippen molar-refractivity contribution in [2.75, 3.05) is 14.2 Å². The molecule has 2 aromatic rings. The molecule has 4 heteroatoms. The van der Waals surface area contributed by atoms with Crippen molar-refractivity contribution < 1.29 is 4.74 Å². The van der Waals surface area contributed by atoms with Crippen LogP contribution in [0.1, 0.15) is 24.5 Å². The summed E-state index contributed by atoms with van der Waals surface area (Å²) in [5.74, 6) is 1.60. The molecule has 90 valence electrons. The van der Waals surface area contributed by atoms with Crippen molar-refractivity contribution in [3.63, 3.8) is 0 Å². The number of hydrogen-bond donors (Lipinski definition) is 1. The molecule has 1 atom stereocenters. The van der Waals surface area contributed by atoms with Gasteiger partial charge in [-0.05, 0) is 33.0 Å². The lowest BCUT2D eigenvalue weighted by molar-refractivity contribution is 0.415. The zero-order valence-electron chi connectivity index (χ0n) is 10.6. The van der Waals surface area contributed by atoms with Gasteiger partial charge >= 0.3 is 0 Å². The zero-order valence-corrected chi connectivity index (χ0v) is 10.6. The molecular weight excluding hydrogens is 214 g/mol. The van der Waals surface area contributed by atoms with Gasteiger partial charge in [0.1, 0.15) is 11.6 Å². The predicted octanol–water partition coefficient (Wildman–Crippen LogP) is 2.23. The largest absolute Gasteiger partial charge is 0.497 e. The summed E-state index contributed by atoms with van der Waals surface area (Å²) < 4.78 is 5.21. The fourth-order valence-corrected chi connectivity index (χ4v) is 1.85. The normalized spacial score (nSPS) is 12.7. The van der Waals surface area contributed by atoms with E-state index in [4.69, 9.17) is 4.74 Å². The van der Waals surface area contributed by atoms with Crippen LogP contribution in [-0.2, 0) is 0 Å². The van der Waals surface area contributed by atoms with Gasteiger partial charge in [-0.3, -0.25) is 0 Å². The van der Waals surface area contributed by atoms with E-state index in [-0.39, 0.29) is 6.04 Å². The van der Waals surface area contributed by atoms with Crippen LogP contribution in [0, 0.1) is 6.92 Å². The highest BCUT2D eigenvalue weighted by molar-refractivity contribution is 5.82. The molecule has 1 unspecified atom stereocenters. The Kier molecular flexibility index (Phi) is 3.24. The van der Waals surface area contributed by atoms with Crippen LogP contribution in [0.3, 0.4) is 0 Å². The van der Waals surface area contributed by atoms with E-state index in [2.05, 4.69) is 22.2 Å². The van der Waals surface area contributed by atoms with Gasteiger partial charge in [0.2, 0.25) is 0 Å². The summed E-state index contributed by atoms with van der Waals surface area (Å²) in [6, 6.07) is 6.09. The molecule has 4 nitrogen and oxygen atoms in total. The molecule has 0 amide bonds. The van der Waals surface area contributed by atoms with E-state index in [9.17, 15) is 0 Å². The van der Waals surface area contributed by atoms with Gasteiger partial charge in [0, 0.05) is 17.5 Å². The molecule has 0 saturated heterocycles. The first-order valence-electron chi connectivity index (χ1n) is 5.65. The lowest BCUT2D eigenvalue weighted by Crippen LogP contribution is -2.15. The van der Waals surface area contributed by atoms with Crippen LogP contribution in [0.15, 0.2) is 18.2 Å². The first-order valence-corrected chi connectivity index (χ1v) is 5.65. The number of rotatable bonds is 3. The Balaban J connectivity index is 2.67. The summed E-state index contributed by atoms with van der Waals surface area (Å²) in [4.78, 5) is 8.96. The molecule has 0 aliphatic carbocycles. The Bertz CT molecular complexity index is 539. The molecule has 0 spiro atoms. The smallest absolute Gasteiger partial charge is 0.126 e. The third kappa shape index (κ3) is 2.22. The molecule has 0 radical (unpaired) electrons. The van der Waals surface area contributed by atoms with Gasteiger partial charge in [-0.2, -0.15) is 0 Å². The molecule has 0 bridgehead atoms. The Morgan fingerprint density at radius 2 is 2.06 bits per heavy atom. The van der Waals surface area contributed by atoms with E-state index in [1.165, 1.54) is 0 Å². The summed E-state index contributed by atoms with van der Waals surface area (Å²) in [7, 11) is 3.59. The lowest BCUT2D eigenvalue weighted by atomic mass is 10.1. The molecule has 0 aliphatic heterocycles. The first-order chi connectivity index (χ1) is 8.15.